The van der Waals surface area contributed by atoms with E-state index in [2.05, 4.69) is 10.2 Å². The topological polar surface area (TPSA) is 76.2 Å². The smallest absolute Gasteiger partial charge is 0.416 e. The molecule has 0 saturated carbocycles. The highest BCUT2D eigenvalue weighted by molar-refractivity contribution is 5.88. The Kier molecular flexibility index (Phi) is 3.80. The van der Waals surface area contributed by atoms with Gasteiger partial charge in [0, 0.05) is 11.1 Å². The first-order chi connectivity index (χ1) is 11.3. The molecule has 0 aliphatic rings. The van der Waals surface area contributed by atoms with Gasteiger partial charge in [-0.15, -0.1) is 10.2 Å². The molecule has 0 unspecified atom stereocenters. The number of aromatic nitrogens is 2. The van der Waals surface area contributed by atoms with E-state index in [1.807, 2.05) is 0 Å². The summed E-state index contributed by atoms with van der Waals surface area (Å²) in [5, 5.41) is 16.4. The molecule has 3 aromatic rings. The molecular formula is C16H9F3N2O3. The van der Waals surface area contributed by atoms with Crippen LogP contribution >= 0.6 is 0 Å². The van der Waals surface area contributed by atoms with Gasteiger partial charge in [-0.05, 0) is 42.5 Å². The third kappa shape index (κ3) is 3.12. The second-order valence-corrected chi connectivity index (χ2v) is 4.87. The number of carbonyl (C=O) groups is 1. The van der Waals surface area contributed by atoms with Gasteiger partial charge in [0.25, 0.3) is 0 Å². The van der Waals surface area contributed by atoms with Crippen molar-refractivity contribution in [2.24, 2.45) is 0 Å². The maximum atomic E-state index is 12.7. The van der Waals surface area contributed by atoms with Gasteiger partial charge in [0.05, 0.1) is 11.1 Å². The van der Waals surface area contributed by atoms with Gasteiger partial charge in [0.2, 0.25) is 11.8 Å². The van der Waals surface area contributed by atoms with Crippen molar-refractivity contribution in [3.05, 3.63) is 59.7 Å². The van der Waals surface area contributed by atoms with Crippen LogP contribution in [0.2, 0.25) is 0 Å². The maximum Gasteiger partial charge on any atom is 0.416 e. The third-order valence-corrected chi connectivity index (χ3v) is 3.24. The van der Waals surface area contributed by atoms with Crippen LogP contribution in [0, 0.1) is 0 Å². The van der Waals surface area contributed by atoms with Crippen LogP contribution in [0.25, 0.3) is 22.9 Å². The van der Waals surface area contributed by atoms with Crippen LogP contribution in [0.1, 0.15) is 15.9 Å². The van der Waals surface area contributed by atoms with E-state index in [0.717, 1.165) is 12.1 Å². The molecule has 0 fully saturated rings. The third-order valence-electron chi connectivity index (χ3n) is 3.24. The fourth-order valence-corrected chi connectivity index (χ4v) is 2.04. The molecule has 0 bridgehead atoms. The number of halogens is 3. The summed E-state index contributed by atoms with van der Waals surface area (Å²) in [6.45, 7) is 0. The van der Waals surface area contributed by atoms with E-state index in [1.165, 1.54) is 36.4 Å². The molecular weight excluding hydrogens is 325 g/mol. The second-order valence-electron chi connectivity index (χ2n) is 4.87. The van der Waals surface area contributed by atoms with Crippen LogP contribution in [-0.4, -0.2) is 21.3 Å². The molecule has 2 aromatic carbocycles. The van der Waals surface area contributed by atoms with Crippen molar-refractivity contribution in [1.82, 2.24) is 10.2 Å². The van der Waals surface area contributed by atoms with Gasteiger partial charge in [-0.2, -0.15) is 13.2 Å². The quantitative estimate of drug-likeness (QED) is 0.780. The molecule has 1 N–H and O–H groups in total. The first-order valence-corrected chi connectivity index (χ1v) is 6.69. The van der Waals surface area contributed by atoms with Gasteiger partial charge in [-0.1, -0.05) is 6.07 Å². The molecule has 122 valence electrons. The largest absolute Gasteiger partial charge is 0.478 e. The Morgan fingerprint density at radius 3 is 2.17 bits per heavy atom. The van der Waals surface area contributed by atoms with Crippen LogP contribution < -0.4 is 0 Å². The van der Waals surface area contributed by atoms with E-state index in [1.54, 1.807) is 0 Å². The summed E-state index contributed by atoms with van der Waals surface area (Å²) < 4.78 is 43.6. The minimum atomic E-state index is -4.47. The summed E-state index contributed by atoms with van der Waals surface area (Å²) in [6, 6.07) is 10.2. The van der Waals surface area contributed by atoms with E-state index in [9.17, 15) is 18.0 Å². The normalized spacial score (nSPS) is 11.5. The summed E-state index contributed by atoms with van der Waals surface area (Å²) in [5.74, 6) is -1.05. The van der Waals surface area contributed by atoms with E-state index >= 15 is 0 Å². The first kappa shape index (κ1) is 15.7. The Balaban J connectivity index is 1.92. The summed E-state index contributed by atoms with van der Waals surface area (Å²) in [6.07, 6.45) is -4.47. The van der Waals surface area contributed by atoms with Crippen molar-refractivity contribution in [3.63, 3.8) is 0 Å². The van der Waals surface area contributed by atoms with Crippen molar-refractivity contribution in [1.29, 1.82) is 0 Å². The highest BCUT2D eigenvalue weighted by Gasteiger charge is 2.30. The number of alkyl halides is 3. The molecule has 0 aliphatic carbocycles. The standard InChI is InChI=1S/C16H9F3N2O3/c17-16(18,19)12-3-1-2-11(8-12)14-21-20-13(24-14)9-4-6-10(7-5-9)15(22)23/h1-8H,(H,22,23). The number of hydrogen-bond acceptors (Lipinski definition) is 4. The minimum absolute atomic E-state index is 0.0570. The Hall–Kier alpha value is -3.16. The number of hydrogen-bond donors (Lipinski definition) is 1. The second kappa shape index (κ2) is 5.80. The van der Waals surface area contributed by atoms with Gasteiger partial charge < -0.3 is 9.52 Å². The number of carboxylic acid groups (broad SMARTS) is 1. The number of aromatic carboxylic acids is 1. The van der Waals surface area contributed by atoms with Gasteiger partial charge in [0.1, 0.15) is 0 Å². The fraction of sp³-hybridized carbons (Fsp3) is 0.0625. The molecule has 0 saturated heterocycles. The number of carboxylic acids is 1. The molecule has 0 spiro atoms. The molecule has 24 heavy (non-hydrogen) atoms. The van der Waals surface area contributed by atoms with Crippen molar-refractivity contribution in [2.45, 2.75) is 6.18 Å². The van der Waals surface area contributed by atoms with Crippen LogP contribution in [-0.2, 0) is 6.18 Å². The van der Waals surface area contributed by atoms with Gasteiger partial charge in [-0.25, -0.2) is 4.79 Å². The van der Waals surface area contributed by atoms with Crippen molar-refractivity contribution in [2.75, 3.05) is 0 Å². The van der Waals surface area contributed by atoms with Crippen LogP contribution in [0.15, 0.2) is 52.9 Å². The van der Waals surface area contributed by atoms with Crippen molar-refractivity contribution < 1.29 is 27.5 Å². The molecule has 0 atom stereocenters. The molecule has 3 rings (SSSR count). The number of benzene rings is 2. The molecule has 8 heteroatoms. The van der Waals surface area contributed by atoms with Crippen LogP contribution in [0.4, 0.5) is 13.2 Å². The highest BCUT2D eigenvalue weighted by Crippen LogP contribution is 2.32. The fourth-order valence-electron chi connectivity index (χ4n) is 2.04. The number of rotatable bonds is 3. The van der Waals surface area contributed by atoms with Gasteiger partial charge in [0.15, 0.2) is 0 Å². The van der Waals surface area contributed by atoms with Gasteiger partial charge >= 0.3 is 12.1 Å². The summed E-state index contributed by atoms with van der Waals surface area (Å²) in [4.78, 5) is 10.8. The van der Waals surface area contributed by atoms with Gasteiger partial charge in [-0.3, -0.25) is 0 Å². The Bertz CT molecular complexity index is 886. The lowest BCUT2D eigenvalue weighted by atomic mass is 10.1. The Morgan fingerprint density at radius 1 is 0.958 bits per heavy atom. The first-order valence-electron chi connectivity index (χ1n) is 6.69. The van der Waals surface area contributed by atoms with Crippen LogP contribution in [0.5, 0.6) is 0 Å². The SMILES string of the molecule is O=C(O)c1ccc(-c2nnc(-c3cccc(C(F)(F)F)c3)o2)cc1. The van der Waals surface area contributed by atoms with E-state index in [-0.39, 0.29) is 22.9 Å². The molecule has 1 heterocycles. The predicted molar refractivity (Wildman–Crippen MR) is 77.1 cm³/mol. The lowest BCUT2D eigenvalue weighted by Crippen LogP contribution is -2.04. The summed E-state index contributed by atoms with van der Waals surface area (Å²) >= 11 is 0. The van der Waals surface area contributed by atoms with E-state index in [4.69, 9.17) is 9.52 Å². The maximum absolute atomic E-state index is 12.7. The minimum Gasteiger partial charge on any atom is -0.478 e. The molecule has 5 nitrogen and oxygen atoms in total. The van der Waals surface area contributed by atoms with E-state index in [0.29, 0.717) is 5.56 Å². The zero-order valence-electron chi connectivity index (χ0n) is 11.9. The Morgan fingerprint density at radius 2 is 1.58 bits per heavy atom. The molecule has 0 radical (unpaired) electrons. The molecule has 1 aromatic heterocycles. The Labute approximate surface area is 133 Å². The van der Waals surface area contributed by atoms with Crippen LogP contribution in [0.3, 0.4) is 0 Å². The lowest BCUT2D eigenvalue weighted by Gasteiger charge is -2.06. The monoisotopic (exact) mass is 334 g/mol. The molecule has 0 aliphatic heterocycles. The zero-order chi connectivity index (χ0) is 17.3. The van der Waals surface area contributed by atoms with Crippen molar-refractivity contribution >= 4 is 5.97 Å². The highest BCUT2D eigenvalue weighted by atomic mass is 19.4. The summed E-state index contributed by atoms with van der Waals surface area (Å²) in [5.41, 5.74) is -0.113. The summed E-state index contributed by atoms with van der Waals surface area (Å²) in [7, 11) is 0. The average Bonchev–Trinajstić information content (AvgIpc) is 3.04. The zero-order valence-corrected chi connectivity index (χ0v) is 11.9. The average molecular weight is 334 g/mol. The molecule has 0 amide bonds. The van der Waals surface area contributed by atoms with Crippen molar-refractivity contribution in [3.8, 4) is 22.9 Å². The van der Waals surface area contributed by atoms with E-state index < -0.39 is 17.7 Å². The predicted octanol–water partition coefficient (Wildman–Crippen LogP) is 4.12. The number of nitrogens with zero attached hydrogens (tertiary/aromatic N) is 2. The lowest BCUT2D eigenvalue weighted by molar-refractivity contribution is -0.137.